The monoisotopic (exact) mass is 1040 g/mol. The van der Waals surface area contributed by atoms with Gasteiger partial charge < -0.3 is 38.6 Å². The number of allylic oxidation sites excluding steroid dienone is 10. The van der Waals surface area contributed by atoms with E-state index in [1.807, 2.05) is 123 Å². The second-order valence-electron chi connectivity index (χ2n) is 17.5. The number of nitrogens with zero attached hydrogens (tertiary/aromatic N) is 3. The van der Waals surface area contributed by atoms with Crippen LogP contribution in [0.4, 0.5) is 5.69 Å². The van der Waals surface area contributed by atoms with Crippen LogP contribution in [0.3, 0.4) is 0 Å². The van der Waals surface area contributed by atoms with Crippen LogP contribution in [0.5, 0.6) is 23.0 Å². The molecule has 1 aliphatic heterocycles. The Balaban J connectivity index is 0.000000431. The van der Waals surface area contributed by atoms with Crippen LogP contribution in [0.2, 0.25) is 0 Å². The highest BCUT2D eigenvalue weighted by atomic mass is 16.5. The van der Waals surface area contributed by atoms with Gasteiger partial charge in [0.1, 0.15) is 13.5 Å². The van der Waals surface area contributed by atoms with Crippen molar-refractivity contribution in [3.05, 3.63) is 160 Å². The van der Waals surface area contributed by atoms with Gasteiger partial charge in [0, 0.05) is 55.2 Å². The van der Waals surface area contributed by atoms with Crippen molar-refractivity contribution in [1.29, 1.82) is 0 Å². The van der Waals surface area contributed by atoms with Crippen LogP contribution < -0.4 is 29.6 Å². The number of likely N-dealkylation sites (tertiary alicyclic amines) is 1. The number of para-hydroxylation sites is 1. The molecule has 1 aliphatic rings. The Morgan fingerprint density at radius 2 is 1.55 bits per heavy atom. The van der Waals surface area contributed by atoms with Gasteiger partial charge in [0.15, 0.2) is 34.6 Å². The van der Waals surface area contributed by atoms with E-state index in [1.54, 1.807) is 75.9 Å². The van der Waals surface area contributed by atoms with E-state index in [4.69, 9.17) is 28.4 Å². The number of rotatable bonds is 24. The highest BCUT2D eigenvalue weighted by molar-refractivity contribution is 6.10. The number of benzene rings is 3. The Bertz CT molecular complexity index is 2860. The van der Waals surface area contributed by atoms with Gasteiger partial charge in [-0.05, 0) is 151 Å². The SMILES string of the molecule is C=C(/C=C/C(=O)/C(C)=C(C)/C(C)=C/C)/C=C(\C)OC.CCNC(=O)/C=C/COC.COc1cc(/C=C/C(=O)c2c(C)nc3ccccc3c2C)ccc1OCNCOc1cc(N=CC2CCCN2C=O)c(C)cc1OC. The highest BCUT2D eigenvalue weighted by Gasteiger charge is 2.21. The average Bonchev–Trinajstić information content (AvgIpc) is 3.89. The number of likely N-dealkylation sites (N-methyl/N-ethyl adjacent to an activating group) is 1. The highest BCUT2D eigenvalue weighted by Crippen LogP contribution is 2.35. The zero-order chi connectivity index (χ0) is 56.2. The lowest BCUT2D eigenvalue weighted by Crippen LogP contribution is -2.28. The van der Waals surface area contributed by atoms with Crippen molar-refractivity contribution in [3.63, 3.8) is 0 Å². The Hall–Kier alpha value is -7.88. The zero-order valence-corrected chi connectivity index (χ0v) is 46.6. The number of aromatic nitrogens is 1. The molecule has 0 aliphatic carbocycles. The van der Waals surface area contributed by atoms with E-state index in [0.717, 1.165) is 87.1 Å². The molecule has 3 aromatic carbocycles. The minimum absolute atomic E-state index is 0.00299. The third-order valence-corrected chi connectivity index (χ3v) is 12.2. The predicted octanol–water partition coefficient (Wildman–Crippen LogP) is 11.2. The molecule has 15 heteroatoms. The summed E-state index contributed by atoms with van der Waals surface area (Å²) >= 11 is 0. The molecule has 15 nitrogen and oxygen atoms in total. The third kappa shape index (κ3) is 19.8. The fourth-order valence-electron chi connectivity index (χ4n) is 7.55. The van der Waals surface area contributed by atoms with E-state index < -0.39 is 0 Å². The molecule has 1 fully saturated rings. The Labute approximate surface area is 449 Å². The van der Waals surface area contributed by atoms with Crippen LogP contribution >= 0.6 is 0 Å². The molecule has 5 rings (SSSR count). The Morgan fingerprint density at radius 3 is 2.21 bits per heavy atom. The molecule has 1 saturated heterocycles. The molecule has 0 saturated carbocycles. The van der Waals surface area contributed by atoms with Crippen LogP contribution in [0.25, 0.3) is 17.0 Å². The summed E-state index contributed by atoms with van der Waals surface area (Å²) in [5, 5.41) is 6.69. The lowest BCUT2D eigenvalue weighted by Gasteiger charge is -2.16. The molecule has 0 radical (unpaired) electrons. The number of fused-ring (bicyclic) bond motifs is 1. The van der Waals surface area contributed by atoms with Gasteiger partial charge in [-0.2, -0.15) is 0 Å². The zero-order valence-electron chi connectivity index (χ0n) is 46.6. The van der Waals surface area contributed by atoms with Crippen molar-refractivity contribution < 1.29 is 47.6 Å². The van der Waals surface area contributed by atoms with Crippen LogP contribution in [0.15, 0.2) is 137 Å². The summed E-state index contributed by atoms with van der Waals surface area (Å²) in [4.78, 5) is 58.2. The molecule has 2 N–H and O–H groups in total. The summed E-state index contributed by atoms with van der Waals surface area (Å²) in [5.41, 5.74) is 9.21. The second-order valence-corrected chi connectivity index (χ2v) is 17.5. The van der Waals surface area contributed by atoms with Crippen LogP contribution in [-0.2, 0) is 23.9 Å². The number of hydrogen-bond acceptors (Lipinski definition) is 13. The minimum Gasteiger partial charge on any atom is -0.501 e. The summed E-state index contributed by atoms with van der Waals surface area (Å²) in [6.07, 6.45) is 18.1. The predicted molar refractivity (Wildman–Crippen MR) is 305 cm³/mol. The van der Waals surface area contributed by atoms with E-state index in [0.29, 0.717) is 47.4 Å². The van der Waals surface area contributed by atoms with E-state index in [2.05, 4.69) is 27.2 Å². The van der Waals surface area contributed by atoms with Gasteiger partial charge in [0.25, 0.3) is 0 Å². The number of aliphatic imine (C=N–C) groups is 1. The molecular weight excluding hydrogens is 963 g/mol. The maximum Gasteiger partial charge on any atom is 0.243 e. The molecular formula is C61H77N5O10. The van der Waals surface area contributed by atoms with Crippen molar-refractivity contribution in [3.8, 4) is 23.0 Å². The van der Waals surface area contributed by atoms with E-state index in [-0.39, 0.29) is 37.0 Å². The molecule has 1 unspecified atom stereocenters. The largest absolute Gasteiger partial charge is 0.501 e. The number of carbonyl (C=O) groups is 4. The molecule has 1 aromatic heterocycles. The first-order valence-corrected chi connectivity index (χ1v) is 25.0. The maximum absolute atomic E-state index is 13.2. The van der Waals surface area contributed by atoms with Gasteiger partial charge in [-0.15, -0.1) is 0 Å². The first-order valence-electron chi connectivity index (χ1n) is 25.0. The standard InChI is InChI=1S/C37H40N4O6.C17H24O2.C7H13NO2/c1-24-17-34(44-4)36(19-31(24)39-20-28-9-8-16-41(28)23-42)47-22-38-21-46-33-15-13-27(18-35(33)45-5)12-14-32(43)37-25(2)29-10-6-7-11-30(29)40-26(37)3;1-8-13(3)15(5)16(6)17(18)10-9-12(2)11-14(4)19-7;1-3-8-7(9)5-4-6-10-2/h6-7,10-15,17-20,23,28,38H,8-9,16,21-22H2,1-5H3;8-11H,2H2,1,3-7H3;4-5H,3,6H2,1-2H3,(H,8,9)/b14-12+,39-20?;10-9+,13-8+,14-11+,16-15+;5-4+. The number of pyridine rings is 1. The van der Waals surface area contributed by atoms with Crippen LogP contribution in [-0.4, -0.2) is 108 Å². The first kappa shape index (κ1) is 62.4. The molecule has 406 valence electrons. The number of aryl methyl sites for hydroxylation is 3. The lowest BCUT2D eigenvalue weighted by atomic mass is 9.98. The van der Waals surface area contributed by atoms with Crippen molar-refractivity contribution >= 4 is 52.8 Å². The summed E-state index contributed by atoms with van der Waals surface area (Å²) in [6, 6.07) is 17.0. The summed E-state index contributed by atoms with van der Waals surface area (Å²) in [5.74, 6) is 2.77. The van der Waals surface area contributed by atoms with Crippen molar-refractivity contribution in [2.75, 3.05) is 61.6 Å². The number of carbonyl (C=O) groups excluding carboxylic acids is 4. The van der Waals surface area contributed by atoms with Crippen molar-refractivity contribution in [2.45, 2.75) is 81.2 Å². The number of ketones is 2. The number of amides is 2. The topological polar surface area (TPSA) is 176 Å². The first-order chi connectivity index (χ1) is 36.5. The quantitative estimate of drug-likeness (QED) is 0.00994. The van der Waals surface area contributed by atoms with Crippen molar-refractivity contribution in [1.82, 2.24) is 20.5 Å². The average molecular weight is 1040 g/mol. The molecule has 0 spiro atoms. The summed E-state index contributed by atoms with van der Waals surface area (Å²) in [7, 11) is 6.34. The van der Waals surface area contributed by atoms with Gasteiger partial charge >= 0.3 is 0 Å². The second kappa shape index (κ2) is 33.1. The number of nitrogens with one attached hydrogen (secondary N) is 2. The number of methoxy groups -OCH3 is 4. The summed E-state index contributed by atoms with van der Waals surface area (Å²) in [6.45, 7) is 23.3. The van der Waals surface area contributed by atoms with Gasteiger partial charge in [0.2, 0.25) is 12.3 Å². The third-order valence-electron chi connectivity index (χ3n) is 12.2. The normalized spacial score (nSPS) is 14.0. The van der Waals surface area contributed by atoms with Crippen LogP contribution in [0.1, 0.15) is 87.1 Å². The van der Waals surface area contributed by atoms with Crippen molar-refractivity contribution in [2.24, 2.45) is 4.99 Å². The van der Waals surface area contributed by atoms with E-state index in [1.165, 1.54) is 6.08 Å². The molecule has 4 aromatic rings. The fourth-order valence-corrected chi connectivity index (χ4v) is 7.55. The van der Waals surface area contributed by atoms with Gasteiger partial charge in [-0.3, -0.25) is 34.5 Å². The van der Waals surface area contributed by atoms with Gasteiger partial charge in [-0.25, -0.2) is 0 Å². The lowest BCUT2D eigenvalue weighted by molar-refractivity contribution is -0.118. The summed E-state index contributed by atoms with van der Waals surface area (Å²) < 4.78 is 32.6. The van der Waals surface area contributed by atoms with E-state index >= 15 is 0 Å². The van der Waals surface area contributed by atoms with Crippen LogP contribution in [0, 0.1) is 20.8 Å². The molecule has 1 atom stereocenters. The Morgan fingerprint density at radius 1 is 0.855 bits per heavy atom. The minimum atomic E-state index is -0.107. The van der Waals surface area contributed by atoms with Gasteiger partial charge in [0.05, 0.1) is 50.9 Å². The molecule has 0 bridgehead atoms. The number of ether oxygens (including phenoxy) is 6. The van der Waals surface area contributed by atoms with E-state index in [9.17, 15) is 19.2 Å². The maximum atomic E-state index is 13.2. The smallest absolute Gasteiger partial charge is 0.243 e. The Kier molecular flexibility index (Phi) is 27.2. The van der Waals surface area contributed by atoms with Gasteiger partial charge in [-0.1, -0.05) is 60.7 Å². The molecule has 2 heterocycles. The fraction of sp³-hybridized carbons (Fsp3) is 0.344. The number of hydrogen-bond donors (Lipinski definition) is 2. The molecule has 2 amide bonds. The molecule has 76 heavy (non-hydrogen) atoms.